The standard InChI is InChI=1S/C26H32N4O3/c1-16-7-6-8-20(13-16)17(2)27-25-21-14-22(24(33-5)15-23(21)28-18(3)29-25)26(32)9-11-30(12-10-26)19(4)31/h6-8,13-15,17,32H,9-12H2,1-5H3,(H,27,28,29)/t17-/m1/s1. The predicted octanol–water partition coefficient (Wildman–Crippen LogP) is 4.26. The van der Waals surface area contributed by atoms with Crippen LogP contribution < -0.4 is 10.1 Å². The van der Waals surface area contributed by atoms with E-state index in [0.29, 0.717) is 43.1 Å². The first-order chi connectivity index (χ1) is 15.7. The fraction of sp³-hybridized carbons (Fsp3) is 0.423. The summed E-state index contributed by atoms with van der Waals surface area (Å²) in [5.74, 6) is 2.00. The molecule has 2 N–H and O–H groups in total. The predicted molar refractivity (Wildman–Crippen MR) is 129 cm³/mol. The van der Waals surface area contributed by atoms with Gasteiger partial charge in [-0.15, -0.1) is 0 Å². The summed E-state index contributed by atoms with van der Waals surface area (Å²) >= 11 is 0. The van der Waals surface area contributed by atoms with E-state index in [1.807, 2.05) is 19.1 Å². The van der Waals surface area contributed by atoms with Crippen LogP contribution in [0.25, 0.3) is 10.9 Å². The van der Waals surface area contributed by atoms with Gasteiger partial charge in [0.2, 0.25) is 5.91 Å². The third kappa shape index (κ3) is 4.64. The molecule has 0 aliphatic carbocycles. The number of likely N-dealkylation sites (tertiary alicyclic amines) is 1. The Hall–Kier alpha value is -3.19. The van der Waals surface area contributed by atoms with Crippen molar-refractivity contribution in [2.75, 3.05) is 25.5 Å². The average Bonchev–Trinajstić information content (AvgIpc) is 2.78. The fourth-order valence-electron chi connectivity index (χ4n) is 4.60. The van der Waals surface area contributed by atoms with Gasteiger partial charge in [-0.3, -0.25) is 4.79 Å². The number of methoxy groups -OCH3 is 1. The lowest BCUT2D eigenvalue weighted by molar-refractivity contribution is -0.133. The Morgan fingerprint density at radius 2 is 1.91 bits per heavy atom. The molecule has 0 spiro atoms. The van der Waals surface area contributed by atoms with Crippen LogP contribution in [0.3, 0.4) is 0 Å². The van der Waals surface area contributed by atoms with E-state index in [1.54, 1.807) is 18.9 Å². The molecule has 2 heterocycles. The quantitative estimate of drug-likeness (QED) is 0.607. The van der Waals surface area contributed by atoms with E-state index < -0.39 is 5.60 Å². The van der Waals surface area contributed by atoms with E-state index in [0.717, 1.165) is 16.7 Å². The van der Waals surface area contributed by atoms with Gasteiger partial charge >= 0.3 is 0 Å². The van der Waals surface area contributed by atoms with Crippen LogP contribution in [-0.2, 0) is 10.4 Å². The van der Waals surface area contributed by atoms with Gasteiger partial charge in [0, 0.05) is 43.1 Å². The van der Waals surface area contributed by atoms with Gasteiger partial charge in [-0.1, -0.05) is 29.8 Å². The van der Waals surface area contributed by atoms with Crippen LogP contribution in [0.5, 0.6) is 5.75 Å². The van der Waals surface area contributed by atoms with Gasteiger partial charge in [0.15, 0.2) is 0 Å². The average molecular weight is 449 g/mol. The Morgan fingerprint density at radius 1 is 1.18 bits per heavy atom. The molecule has 1 atom stereocenters. The molecular formula is C26H32N4O3. The molecule has 0 radical (unpaired) electrons. The largest absolute Gasteiger partial charge is 0.496 e. The number of fused-ring (bicyclic) bond motifs is 1. The second-order valence-corrected chi connectivity index (χ2v) is 9.01. The lowest BCUT2D eigenvalue weighted by Crippen LogP contribution is -2.44. The fourth-order valence-corrected chi connectivity index (χ4v) is 4.60. The number of benzene rings is 2. The van der Waals surface area contributed by atoms with Gasteiger partial charge in [0.1, 0.15) is 17.4 Å². The van der Waals surface area contributed by atoms with E-state index in [4.69, 9.17) is 9.72 Å². The molecule has 1 aromatic heterocycles. The molecule has 1 saturated heterocycles. The van der Waals surface area contributed by atoms with Gasteiger partial charge in [-0.25, -0.2) is 9.97 Å². The van der Waals surface area contributed by atoms with Crippen molar-refractivity contribution in [2.45, 2.75) is 52.2 Å². The van der Waals surface area contributed by atoms with E-state index >= 15 is 0 Å². The topological polar surface area (TPSA) is 87.6 Å². The number of anilines is 1. The number of carbonyl (C=O) groups is 1. The zero-order valence-electron chi connectivity index (χ0n) is 20.0. The second kappa shape index (κ2) is 8.98. The van der Waals surface area contributed by atoms with Crippen LogP contribution in [0.4, 0.5) is 5.82 Å². The van der Waals surface area contributed by atoms with Crippen molar-refractivity contribution in [3.8, 4) is 5.75 Å². The summed E-state index contributed by atoms with van der Waals surface area (Å²) in [5, 5.41) is 15.9. The highest BCUT2D eigenvalue weighted by Crippen LogP contribution is 2.41. The summed E-state index contributed by atoms with van der Waals surface area (Å²) < 4.78 is 5.67. The summed E-state index contributed by atoms with van der Waals surface area (Å²) in [6.07, 6.45) is 0.896. The number of carbonyl (C=O) groups excluding carboxylic acids is 1. The zero-order valence-corrected chi connectivity index (χ0v) is 20.0. The third-order valence-corrected chi connectivity index (χ3v) is 6.56. The van der Waals surface area contributed by atoms with Gasteiger partial charge < -0.3 is 20.1 Å². The number of piperidine rings is 1. The van der Waals surface area contributed by atoms with Gasteiger partial charge in [0.25, 0.3) is 0 Å². The SMILES string of the molecule is COc1cc2nc(C)nc(N[C@H](C)c3cccc(C)c3)c2cc1C1(O)CCN(C(C)=O)CC1. The maximum Gasteiger partial charge on any atom is 0.219 e. The molecule has 1 aliphatic rings. The van der Waals surface area contributed by atoms with Crippen molar-refractivity contribution in [2.24, 2.45) is 0 Å². The lowest BCUT2D eigenvalue weighted by atomic mass is 9.83. The number of hydrogen-bond acceptors (Lipinski definition) is 6. The van der Waals surface area contributed by atoms with Crippen LogP contribution in [0.2, 0.25) is 0 Å². The summed E-state index contributed by atoms with van der Waals surface area (Å²) in [5.41, 5.74) is 2.75. The third-order valence-electron chi connectivity index (χ3n) is 6.56. The number of aryl methyl sites for hydroxylation is 2. The highest BCUT2D eigenvalue weighted by atomic mass is 16.5. The second-order valence-electron chi connectivity index (χ2n) is 9.01. The number of rotatable bonds is 5. The Bertz CT molecular complexity index is 1190. The number of nitrogens with one attached hydrogen (secondary N) is 1. The molecule has 1 fully saturated rings. The van der Waals surface area contributed by atoms with E-state index in [9.17, 15) is 9.90 Å². The molecule has 7 nitrogen and oxygen atoms in total. The first kappa shape index (κ1) is 23.0. The Labute approximate surface area is 194 Å². The van der Waals surface area contributed by atoms with Gasteiger partial charge in [-0.2, -0.15) is 0 Å². The number of ether oxygens (including phenoxy) is 1. The number of aromatic nitrogens is 2. The highest BCUT2D eigenvalue weighted by molar-refractivity contribution is 5.91. The molecular weight excluding hydrogens is 416 g/mol. The van der Waals surface area contributed by atoms with Crippen molar-refractivity contribution in [3.05, 3.63) is 58.9 Å². The molecule has 3 aromatic rings. The number of amides is 1. The Morgan fingerprint density at radius 3 is 2.55 bits per heavy atom. The highest BCUT2D eigenvalue weighted by Gasteiger charge is 2.37. The lowest BCUT2D eigenvalue weighted by Gasteiger charge is -2.38. The summed E-state index contributed by atoms with van der Waals surface area (Å²) in [7, 11) is 1.60. The Balaban J connectivity index is 1.75. The molecule has 4 rings (SSSR count). The van der Waals surface area contributed by atoms with Gasteiger partial charge in [-0.05, 0) is 45.2 Å². The smallest absolute Gasteiger partial charge is 0.219 e. The molecule has 7 heteroatoms. The minimum absolute atomic E-state index is 0.0306. The van der Waals surface area contributed by atoms with Crippen molar-refractivity contribution in [1.82, 2.24) is 14.9 Å². The Kier molecular flexibility index (Phi) is 6.26. The van der Waals surface area contributed by atoms with Gasteiger partial charge in [0.05, 0.1) is 18.2 Å². The normalized spacial score (nSPS) is 16.5. The molecule has 174 valence electrons. The van der Waals surface area contributed by atoms with E-state index in [1.165, 1.54) is 11.1 Å². The summed E-state index contributed by atoms with van der Waals surface area (Å²) in [6.45, 7) is 8.63. The van der Waals surface area contributed by atoms with Crippen molar-refractivity contribution in [3.63, 3.8) is 0 Å². The molecule has 1 aliphatic heterocycles. The summed E-state index contributed by atoms with van der Waals surface area (Å²) in [6, 6.07) is 12.2. The zero-order chi connectivity index (χ0) is 23.8. The molecule has 0 bridgehead atoms. The summed E-state index contributed by atoms with van der Waals surface area (Å²) in [4.78, 5) is 22.8. The van der Waals surface area contributed by atoms with Crippen LogP contribution in [-0.4, -0.2) is 46.1 Å². The van der Waals surface area contributed by atoms with Crippen LogP contribution in [0.15, 0.2) is 36.4 Å². The first-order valence-corrected chi connectivity index (χ1v) is 11.4. The van der Waals surface area contributed by atoms with E-state index in [2.05, 4.69) is 48.4 Å². The number of nitrogens with zero attached hydrogens (tertiary/aromatic N) is 3. The number of aliphatic hydroxyl groups is 1. The molecule has 33 heavy (non-hydrogen) atoms. The minimum Gasteiger partial charge on any atom is -0.496 e. The van der Waals surface area contributed by atoms with Crippen LogP contribution >= 0.6 is 0 Å². The first-order valence-electron chi connectivity index (χ1n) is 11.4. The van der Waals surface area contributed by atoms with Crippen LogP contribution in [0, 0.1) is 13.8 Å². The van der Waals surface area contributed by atoms with Crippen molar-refractivity contribution < 1.29 is 14.6 Å². The minimum atomic E-state index is -1.09. The number of hydrogen-bond donors (Lipinski definition) is 2. The van der Waals surface area contributed by atoms with Crippen molar-refractivity contribution >= 4 is 22.6 Å². The molecule has 1 amide bonds. The van der Waals surface area contributed by atoms with Crippen molar-refractivity contribution in [1.29, 1.82) is 0 Å². The monoisotopic (exact) mass is 448 g/mol. The maximum absolute atomic E-state index is 11.8. The van der Waals surface area contributed by atoms with Crippen LogP contribution in [0.1, 0.15) is 55.2 Å². The van der Waals surface area contributed by atoms with E-state index in [-0.39, 0.29) is 11.9 Å². The maximum atomic E-state index is 11.8. The molecule has 0 unspecified atom stereocenters. The molecule has 2 aromatic carbocycles. The molecule has 0 saturated carbocycles.